The number of thioether (sulfide) groups is 1. The summed E-state index contributed by atoms with van der Waals surface area (Å²) in [6.07, 6.45) is 1.25. The summed E-state index contributed by atoms with van der Waals surface area (Å²) in [5.41, 5.74) is 0.614. The van der Waals surface area contributed by atoms with Crippen LogP contribution in [0.1, 0.15) is 20.7 Å². The molecule has 0 radical (unpaired) electrons. The molecular formula is C19H18N2O3S3. The van der Waals surface area contributed by atoms with Gasteiger partial charge in [0.15, 0.2) is 0 Å². The maximum atomic E-state index is 12.1. The second-order valence-electron chi connectivity index (χ2n) is 5.56. The molecule has 3 N–H and O–H groups in total. The molecule has 0 aliphatic carbocycles. The maximum absolute atomic E-state index is 12.1. The number of carbonyl (C=O) groups excluding carboxylic acids is 2. The number of aliphatic hydroxyl groups excluding tert-OH is 1. The van der Waals surface area contributed by atoms with Gasteiger partial charge in [0.2, 0.25) is 0 Å². The number of aliphatic hydroxyl groups is 1. The first-order valence-corrected chi connectivity index (χ1v) is 11.0. The molecule has 3 aromatic rings. The van der Waals surface area contributed by atoms with E-state index in [-0.39, 0.29) is 6.54 Å². The first-order chi connectivity index (χ1) is 13.1. The van der Waals surface area contributed by atoms with E-state index >= 15 is 0 Å². The molecule has 0 spiro atoms. The van der Waals surface area contributed by atoms with E-state index in [2.05, 4.69) is 10.6 Å². The standard InChI is InChI=1S/C19H18N2O3S3/c1-25-14-6-3-2-5-13(14)21-19(24)18(23)20-11-12-8-9-16(27-12)17(22)15-7-4-10-26-15/h2-10,17,22H,11H2,1H3,(H,20,23)(H,21,24). The molecule has 2 heterocycles. The average molecular weight is 419 g/mol. The van der Waals surface area contributed by atoms with Crippen LogP contribution in [0, 0.1) is 0 Å². The van der Waals surface area contributed by atoms with Gasteiger partial charge in [0.1, 0.15) is 6.10 Å². The lowest BCUT2D eigenvalue weighted by Crippen LogP contribution is -2.34. The summed E-state index contributed by atoms with van der Waals surface area (Å²) in [4.78, 5) is 27.6. The van der Waals surface area contributed by atoms with E-state index in [0.717, 1.165) is 19.5 Å². The Kier molecular flexibility index (Phi) is 6.68. The van der Waals surface area contributed by atoms with Crippen molar-refractivity contribution in [2.75, 3.05) is 11.6 Å². The fourth-order valence-electron chi connectivity index (χ4n) is 2.40. The third-order valence-electron chi connectivity index (χ3n) is 3.75. The van der Waals surface area contributed by atoms with Crippen LogP contribution in [0.2, 0.25) is 0 Å². The number of hydrogen-bond donors (Lipinski definition) is 3. The van der Waals surface area contributed by atoms with E-state index < -0.39 is 17.9 Å². The quantitative estimate of drug-likeness (QED) is 0.419. The number of rotatable bonds is 6. The molecule has 0 aliphatic heterocycles. The second kappa shape index (κ2) is 9.18. The van der Waals surface area contributed by atoms with Crippen molar-refractivity contribution < 1.29 is 14.7 Å². The zero-order valence-corrected chi connectivity index (χ0v) is 16.9. The van der Waals surface area contributed by atoms with Crippen molar-refractivity contribution >= 4 is 51.9 Å². The van der Waals surface area contributed by atoms with E-state index in [1.807, 2.05) is 48.0 Å². The smallest absolute Gasteiger partial charge is 0.313 e. The summed E-state index contributed by atoms with van der Waals surface area (Å²) in [5, 5.41) is 17.5. The minimum Gasteiger partial charge on any atom is -0.382 e. The van der Waals surface area contributed by atoms with Gasteiger partial charge in [0.25, 0.3) is 0 Å². The number of anilines is 1. The molecule has 5 nitrogen and oxygen atoms in total. The van der Waals surface area contributed by atoms with Gasteiger partial charge < -0.3 is 15.7 Å². The van der Waals surface area contributed by atoms with Gasteiger partial charge in [-0.15, -0.1) is 34.4 Å². The Labute approximate surface area is 169 Å². The second-order valence-corrected chi connectivity index (χ2v) is 8.59. The molecule has 1 unspecified atom stereocenters. The fraction of sp³-hybridized carbons (Fsp3) is 0.158. The van der Waals surface area contributed by atoms with Crippen LogP contribution in [-0.4, -0.2) is 23.2 Å². The highest BCUT2D eigenvalue weighted by Crippen LogP contribution is 2.30. The molecule has 1 atom stereocenters. The van der Waals surface area contributed by atoms with Gasteiger partial charge in [-0.25, -0.2) is 0 Å². The van der Waals surface area contributed by atoms with Gasteiger partial charge in [-0.3, -0.25) is 9.59 Å². The maximum Gasteiger partial charge on any atom is 0.313 e. The minimum absolute atomic E-state index is 0.234. The Hall–Kier alpha value is -2.13. The molecule has 1 aromatic carbocycles. The summed E-state index contributed by atoms with van der Waals surface area (Å²) in [5.74, 6) is -1.40. The van der Waals surface area contributed by atoms with Gasteiger partial charge in [-0.05, 0) is 42.0 Å². The van der Waals surface area contributed by atoms with Crippen molar-refractivity contribution in [1.29, 1.82) is 0 Å². The predicted octanol–water partition coefficient (Wildman–Crippen LogP) is 3.87. The van der Waals surface area contributed by atoms with Gasteiger partial charge in [-0.1, -0.05) is 18.2 Å². The third kappa shape index (κ3) is 4.98. The lowest BCUT2D eigenvalue weighted by molar-refractivity contribution is -0.136. The Bertz CT molecular complexity index is 922. The Morgan fingerprint density at radius 2 is 1.89 bits per heavy atom. The van der Waals surface area contributed by atoms with Crippen molar-refractivity contribution in [3.8, 4) is 0 Å². The minimum atomic E-state index is -0.702. The van der Waals surface area contributed by atoms with Crippen molar-refractivity contribution in [1.82, 2.24) is 5.32 Å². The van der Waals surface area contributed by atoms with Crippen molar-refractivity contribution in [3.05, 3.63) is 68.5 Å². The highest BCUT2D eigenvalue weighted by Gasteiger charge is 2.17. The van der Waals surface area contributed by atoms with E-state index in [4.69, 9.17) is 0 Å². The van der Waals surface area contributed by atoms with Gasteiger partial charge in [-0.2, -0.15) is 0 Å². The third-order valence-corrected chi connectivity index (χ3v) is 6.61. The normalized spacial score (nSPS) is 11.8. The van der Waals surface area contributed by atoms with E-state index in [1.165, 1.54) is 34.4 Å². The van der Waals surface area contributed by atoms with Crippen LogP contribution >= 0.6 is 34.4 Å². The molecule has 0 saturated heterocycles. The van der Waals surface area contributed by atoms with Crippen LogP contribution in [0.25, 0.3) is 0 Å². The first-order valence-electron chi connectivity index (χ1n) is 8.10. The van der Waals surface area contributed by atoms with Crippen LogP contribution < -0.4 is 10.6 Å². The molecule has 0 fully saturated rings. The van der Waals surface area contributed by atoms with E-state index in [1.54, 1.807) is 12.1 Å². The SMILES string of the molecule is CSc1ccccc1NC(=O)C(=O)NCc1ccc(C(O)c2cccs2)s1. The Balaban J connectivity index is 1.55. The summed E-state index contributed by atoms with van der Waals surface area (Å²) in [7, 11) is 0. The van der Waals surface area contributed by atoms with Crippen molar-refractivity contribution in [2.24, 2.45) is 0 Å². The molecule has 2 amide bonds. The zero-order valence-electron chi connectivity index (χ0n) is 14.5. The fourth-order valence-corrected chi connectivity index (χ4v) is 4.71. The molecule has 0 bridgehead atoms. The van der Waals surface area contributed by atoms with Gasteiger partial charge in [0, 0.05) is 19.5 Å². The van der Waals surface area contributed by atoms with E-state index in [9.17, 15) is 14.7 Å². The molecule has 2 aromatic heterocycles. The monoisotopic (exact) mass is 418 g/mol. The Morgan fingerprint density at radius 1 is 1.07 bits per heavy atom. The number of thiophene rings is 2. The number of hydrogen-bond acceptors (Lipinski definition) is 6. The lowest BCUT2D eigenvalue weighted by atomic mass is 10.2. The topological polar surface area (TPSA) is 78.4 Å². The number of para-hydroxylation sites is 1. The molecule has 0 saturated carbocycles. The molecular weight excluding hydrogens is 400 g/mol. The summed E-state index contributed by atoms with van der Waals surface area (Å²) in [6, 6.07) is 14.8. The number of carbonyl (C=O) groups is 2. The molecule has 140 valence electrons. The highest BCUT2D eigenvalue weighted by molar-refractivity contribution is 7.98. The zero-order chi connectivity index (χ0) is 19.2. The lowest BCUT2D eigenvalue weighted by Gasteiger charge is -2.09. The molecule has 0 aliphatic rings. The molecule has 8 heteroatoms. The van der Waals surface area contributed by atoms with Crippen LogP contribution in [0.3, 0.4) is 0 Å². The highest BCUT2D eigenvalue weighted by atomic mass is 32.2. The van der Waals surface area contributed by atoms with Crippen LogP contribution in [0.5, 0.6) is 0 Å². The van der Waals surface area contributed by atoms with Crippen molar-refractivity contribution in [2.45, 2.75) is 17.5 Å². The van der Waals surface area contributed by atoms with Gasteiger partial charge in [0.05, 0.1) is 12.2 Å². The average Bonchev–Trinajstić information content (AvgIpc) is 3.38. The predicted molar refractivity (Wildman–Crippen MR) is 111 cm³/mol. The largest absolute Gasteiger partial charge is 0.382 e. The first kappa shape index (κ1) is 19.6. The number of nitrogens with one attached hydrogen (secondary N) is 2. The molecule has 3 rings (SSSR count). The van der Waals surface area contributed by atoms with Crippen LogP contribution in [0.4, 0.5) is 5.69 Å². The number of amides is 2. The number of benzene rings is 1. The summed E-state index contributed by atoms with van der Waals surface area (Å²) < 4.78 is 0. The molecule has 27 heavy (non-hydrogen) atoms. The summed E-state index contributed by atoms with van der Waals surface area (Å²) >= 11 is 4.40. The van der Waals surface area contributed by atoms with Crippen molar-refractivity contribution in [3.63, 3.8) is 0 Å². The van der Waals surface area contributed by atoms with Crippen LogP contribution in [0.15, 0.2) is 58.8 Å². The van der Waals surface area contributed by atoms with E-state index in [0.29, 0.717) is 5.69 Å². The van der Waals surface area contributed by atoms with Crippen LogP contribution in [-0.2, 0) is 16.1 Å². The van der Waals surface area contributed by atoms with Gasteiger partial charge >= 0.3 is 11.8 Å². The Morgan fingerprint density at radius 3 is 2.63 bits per heavy atom. The summed E-state index contributed by atoms with van der Waals surface area (Å²) in [6.45, 7) is 0.234.